The van der Waals surface area contributed by atoms with E-state index in [1.54, 1.807) is 0 Å². The summed E-state index contributed by atoms with van der Waals surface area (Å²) in [6.07, 6.45) is 0. The number of thiocarbonyl (C=S) groups is 2. The van der Waals surface area contributed by atoms with E-state index < -0.39 is 0 Å². The van der Waals surface area contributed by atoms with Crippen molar-refractivity contribution < 1.29 is 17.1 Å². The van der Waals surface area contributed by atoms with Gasteiger partial charge in [0.2, 0.25) is 0 Å². The Morgan fingerprint density at radius 3 is 1.14 bits per heavy atom. The molecule has 0 spiro atoms. The van der Waals surface area contributed by atoms with Crippen molar-refractivity contribution in [2.75, 3.05) is 0 Å². The fraction of sp³-hybridized carbons (Fsp3) is 0. The van der Waals surface area contributed by atoms with Crippen molar-refractivity contribution in [3.05, 3.63) is 0 Å². The molecule has 0 rings (SSSR count). The van der Waals surface area contributed by atoms with E-state index in [-0.39, 0.29) is 25.5 Å². The predicted octanol–water partition coefficient (Wildman–Crippen LogP) is 0.733. The molecule has 0 aliphatic heterocycles. The summed E-state index contributed by atoms with van der Waals surface area (Å²) in [7, 11) is 0. The van der Waals surface area contributed by atoms with Gasteiger partial charge >= 0.3 is 17.1 Å². The van der Waals surface area contributed by atoms with Crippen LogP contribution in [0.4, 0.5) is 0 Å². The Balaban J connectivity index is 0. The Bertz CT molecular complexity index is 75.7. The smallest absolute Gasteiger partial charge is 0.430 e. The standard InChI is InChI=1S/C2H2S4.Fe/c3-1(4)2(5)6;/h(H,3,4)(H,5,6);/q;+2/p-2. The maximum atomic E-state index is 4.39. The van der Waals surface area contributed by atoms with Crippen molar-refractivity contribution in [2.24, 2.45) is 0 Å². The monoisotopic (exact) mass is 208 g/mol. The van der Waals surface area contributed by atoms with E-state index in [0.717, 1.165) is 0 Å². The van der Waals surface area contributed by atoms with E-state index in [4.69, 9.17) is 0 Å². The van der Waals surface area contributed by atoms with E-state index in [1.807, 2.05) is 0 Å². The Morgan fingerprint density at radius 2 is 1.14 bits per heavy atom. The first-order valence-electron chi connectivity index (χ1n) is 1.07. The van der Waals surface area contributed by atoms with Crippen molar-refractivity contribution in [1.82, 2.24) is 0 Å². The Labute approximate surface area is 74.7 Å². The molecule has 0 nitrogen and oxygen atoms in total. The largest absolute Gasteiger partial charge is 2.00 e. The summed E-state index contributed by atoms with van der Waals surface area (Å²) in [6.45, 7) is 0. The third kappa shape index (κ3) is 7.14. The normalized spacial score (nSPS) is 6.29. The van der Waals surface area contributed by atoms with Crippen LogP contribution in [-0.2, 0) is 42.3 Å². The minimum atomic E-state index is 0. The quantitative estimate of drug-likeness (QED) is 0.354. The van der Waals surface area contributed by atoms with Crippen LogP contribution in [0, 0.1) is 0 Å². The Hall–Kier alpha value is 1.14. The zero-order chi connectivity index (χ0) is 5.15. The van der Waals surface area contributed by atoms with Gasteiger partial charge in [-0.05, 0) is 0 Å². The van der Waals surface area contributed by atoms with Crippen molar-refractivity contribution in [3.8, 4) is 0 Å². The molecule has 0 radical (unpaired) electrons. The first-order valence-corrected chi connectivity index (χ1v) is 2.70. The van der Waals surface area contributed by atoms with Gasteiger partial charge in [0.05, 0.1) is 0 Å². The molecule has 0 aromatic rings. The summed E-state index contributed by atoms with van der Waals surface area (Å²) in [5.74, 6) is 0. The molecule has 0 fully saturated rings. The summed E-state index contributed by atoms with van der Waals surface area (Å²) in [6, 6.07) is 0. The van der Waals surface area contributed by atoms with E-state index in [9.17, 15) is 0 Å². The molecule has 0 saturated carbocycles. The maximum Gasteiger partial charge on any atom is 2.00 e. The molecule has 0 saturated heterocycles. The van der Waals surface area contributed by atoms with E-state index in [2.05, 4.69) is 49.7 Å². The molecule has 0 aromatic carbocycles. The van der Waals surface area contributed by atoms with Crippen LogP contribution in [-0.4, -0.2) is 8.39 Å². The van der Waals surface area contributed by atoms with E-state index in [1.165, 1.54) is 0 Å². The van der Waals surface area contributed by atoms with Crippen LogP contribution >= 0.6 is 24.4 Å². The average Bonchev–Trinajstić information content (AvgIpc) is 1.36. The molecule has 0 unspecified atom stereocenters. The van der Waals surface area contributed by atoms with Crippen LogP contribution in [0.1, 0.15) is 0 Å². The van der Waals surface area contributed by atoms with Crippen LogP contribution in [0.25, 0.3) is 0 Å². The molecule has 5 heteroatoms. The SMILES string of the molecule is S=C([S-])C(=S)[S-].[Fe+2]. The second kappa shape index (κ2) is 5.28. The van der Waals surface area contributed by atoms with Gasteiger partial charge in [-0.2, -0.15) is 0 Å². The first-order chi connectivity index (χ1) is 2.64. The van der Waals surface area contributed by atoms with Crippen LogP contribution in [0.15, 0.2) is 0 Å². The Kier molecular flexibility index (Phi) is 8.30. The summed E-state index contributed by atoms with van der Waals surface area (Å²) in [5.41, 5.74) is 0. The summed E-state index contributed by atoms with van der Waals surface area (Å²) >= 11 is 17.6. The number of hydrogen-bond donors (Lipinski definition) is 0. The van der Waals surface area contributed by atoms with Gasteiger partial charge in [0, 0.05) is 0 Å². The number of rotatable bonds is 1. The summed E-state index contributed by atoms with van der Waals surface area (Å²) in [4.78, 5) is 0. The van der Waals surface area contributed by atoms with Gasteiger partial charge in [-0.3, -0.25) is 0 Å². The predicted molar refractivity (Wildman–Crippen MR) is 39.9 cm³/mol. The van der Waals surface area contributed by atoms with Crippen LogP contribution in [0.3, 0.4) is 0 Å². The van der Waals surface area contributed by atoms with Gasteiger partial charge < -0.3 is 49.7 Å². The molecule has 0 N–H and O–H groups in total. The minimum Gasteiger partial charge on any atom is -0.430 e. The zero-order valence-corrected chi connectivity index (χ0v) is 7.36. The van der Waals surface area contributed by atoms with Gasteiger partial charge in [0.1, 0.15) is 0 Å². The topological polar surface area (TPSA) is 0 Å². The molecular formula is C2FeS4. The zero-order valence-electron chi connectivity index (χ0n) is 2.99. The first kappa shape index (κ1) is 11.0. The molecule has 0 heterocycles. The molecule has 0 bridgehead atoms. The summed E-state index contributed by atoms with van der Waals surface area (Å²) in [5, 5.41) is 0. The van der Waals surface area contributed by atoms with Gasteiger partial charge in [-0.15, -0.1) is 8.39 Å². The van der Waals surface area contributed by atoms with Gasteiger partial charge in [0.15, 0.2) is 0 Å². The van der Waals surface area contributed by atoms with Gasteiger partial charge in [0.25, 0.3) is 0 Å². The summed E-state index contributed by atoms with van der Waals surface area (Å²) < 4.78 is 0.444. The average molecular weight is 208 g/mol. The van der Waals surface area contributed by atoms with Crippen molar-refractivity contribution in [2.45, 2.75) is 0 Å². The minimum absolute atomic E-state index is 0. The van der Waals surface area contributed by atoms with Gasteiger partial charge in [-0.25, -0.2) is 0 Å². The maximum absolute atomic E-state index is 4.39. The van der Waals surface area contributed by atoms with Crippen molar-refractivity contribution >= 4 is 58.1 Å². The molecule has 0 aliphatic rings. The van der Waals surface area contributed by atoms with Crippen LogP contribution < -0.4 is 0 Å². The molecule has 7 heavy (non-hydrogen) atoms. The molecule has 40 valence electrons. The fourth-order valence-corrected chi connectivity index (χ4v) is 0. The molecule has 0 aromatic heterocycles. The molecule has 0 aliphatic carbocycles. The molecular weight excluding hydrogens is 208 g/mol. The second-order valence-electron chi connectivity index (χ2n) is 0.575. The second-order valence-corrected chi connectivity index (χ2v) is 2.72. The third-order valence-electron chi connectivity index (χ3n) is 0.167. The van der Waals surface area contributed by atoms with E-state index in [0.29, 0.717) is 0 Å². The Morgan fingerprint density at radius 1 is 1.00 bits per heavy atom. The van der Waals surface area contributed by atoms with Crippen molar-refractivity contribution in [1.29, 1.82) is 0 Å². The molecule has 0 amide bonds. The molecule has 0 atom stereocenters. The van der Waals surface area contributed by atoms with Crippen LogP contribution in [0.5, 0.6) is 0 Å². The van der Waals surface area contributed by atoms with Gasteiger partial charge in [-0.1, -0.05) is 0 Å². The van der Waals surface area contributed by atoms with E-state index >= 15 is 0 Å². The van der Waals surface area contributed by atoms with Crippen LogP contribution in [0.2, 0.25) is 0 Å². The number of hydrogen-bond acceptors (Lipinski definition) is 4. The fourth-order valence-electron chi connectivity index (χ4n) is 0. The van der Waals surface area contributed by atoms with Crippen molar-refractivity contribution in [3.63, 3.8) is 0 Å². The third-order valence-corrected chi connectivity index (χ3v) is 1.50.